The minimum absolute atomic E-state index is 0.181. The number of hydrogen-bond donors (Lipinski definition) is 1. The van der Waals surface area contributed by atoms with Gasteiger partial charge >= 0.3 is 0 Å². The molecular weight excluding hydrogens is 302 g/mol. The van der Waals surface area contributed by atoms with Crippen molar-refractivity contribution in [2.75, 3.05) is 45.3 Å². The van der Waals surface area contributed by atoms with Crippen LogP contribution in [0.5, 0.6) is 0 Å². The van der Waals surface area contributed by atoms with Crippen molar-refractivity contribution in [3.05, 3.63) is 29.3 Å². The fraction of sp³-hybridized carbons (Fsp3) is 0.533. The highest BCUT2D eigenvalue weighted by Gasteiger charge is 2.20. The average Bonchev–Trinajstić information content (AvgIpc) is 2.36. The van der Waals surface area contributed by atoms with Crippen LogP contribution in [0.2, 0.25) is 0 Å². The van der Waals surface area contributed by atoms with Crippen LogP contribution < -0.4 is 5.32 Å². The second-order valence-corrected chi connectivity index (χ2v) is 7.75. The molecule has 0 spiro atoms. The first kappa shape index (κ1) is 18.6. The predicted octanol–water partition coefficient (Wildman–Crippen LogP) is 1.07. The third-order valence-electron chi connectivity index (χ3n) is 3.24. The van der Waals surface area contributed by atoms with E-state index in [9.17, 15) is 13.2 Å². The van der Waals surface area contributed by atoms with Gasteiger partial charge in [-0.25, -0.2) is 8.42 Å². The molecule has 0 aliphatic heterocycles. The Hall–Kier alpha value is -1.44. The summed E-state index contributed by atoms with van der Waals surface area (Å²) in [5.74, 6) is -0.337. The maximum absolute atomic E-state index is 12.1. The summed E-state index contributed by atoms with van der Waals surface area (Å²) < 4.78 is 24.7. The molecule has 1 amide bonds. The normalized spacial score (nSPS) is 12.0. The lowest BCUT2D eigenvalue weighted by Crippen LogP contribution is -2.41. The Morgan fingerprint density at radius 1 is 1.18 bits per heavy atom. The molecule has 0 unspecified atom stereocenters. The number of carbonyl (C=O) groups is 1. The van der Waals surface area contributed by atoms with Crippen LogP contribution in [0.25, 0.3) is 0 Å². The van der Waals surface area contributed by atoms with Gasteiger partial charge in [-0.3, -0.25) is 4.79 Å². The minimum atomic E-state index is -3.42. The number of carbonyl (C=O) groups excluding carboxylic acids is 1. The molecule has 0 bridgehead atoms. The Morgan fingerprint density at radius 3 is 2.32 bits per heavy atom. The molecule has 1 rings (SSSR count). The Kier molecular flexibility index (Phi) is 6.52. The van der Waals surface area contributed by atoms with Gasteiger partial charge in [0.15, 0.2) is 0 Å². The van der Waals surface area contributed by atoms with Crippen molar-refractivity contribution in [3.8, 4) is 0 Å². The molecule has 0 aliphatic rings. The first-order valence-electron chi connectivity index (χ1n) is 7.06. The van der Waals surface area contributed by atoms with E-state index >= 15 is 0 Å². The third-order valence-corrected chi connectivity index (χ3v) is 4.49. The average molecular weight is 327 g/mol. The quantitative estimate of drug-likeness (QED) is 0.813. The maximum Gasteiger partial charge on any atom is 0.239 e. The second kappa shape index (κ2) is 7.71. The van der Waals surface area contributed by atoms with Gasteiger partial charge in [-0.15, -0.1) is 0 Å². The Labute approximate surface area is 133 Å². The van der Waals surface area contributed by atoms with E-state index in [2.05, 4.69) is 5.32 Å². The van der Waals surface area contributed by atoms with E-state index in [1.807, 2.05) is 51.0 Å². The van der Waals surface area contributed by atoms with Crippen molar-refractivity contribution in [1.29, 1.82) is 0 Å². The van der Waals surface area contributed by atoms with Gasteiger partial charge < -0.3 is 10.2 Å². The van der Waals surface area contributed by atoms with E-state index in [1.165, 1.54) is 4.31 Å². The largest absolute Gasteiger partial charge is 0.325 e. The van der Waals surface area contributed by atoms with Crippen LogP contribution in [0, 0.1) is 13.8 Å². The lowest BCUT2D eigenvalue weighted by Gasteiger charge is -2.21. The van der Waals surface area contributed by atoms with E-state index < -0.39 is 10.0 Å². The highest BCUT2D eigenvalue weighted by molar-refractivity contribution is 7.88. The van der Waals surface area contributed by atoms with Gasteiger partial charge in [0.05, 0.1) is 12.8 Å². The van der Waals surface area contributed by atoms with Crippen LogP contribution in [0.4, 0.5) is 5.69 Å². The zero-order chi connectivity index (χ0) is 16.9. The summed E-state index contributed by atoms with van der Waals surface area (Å²) in [4.78, 5) is 14.0. The molecule has 1 N–H and O–H groups in total. The fourth-order valence-electron chi connectivity index (χ4n) is 1.98. The molecule has 7 heteroatoms. The Balaban J connectivity index is 2.74. The summed E-state index contributed by atoms with van der Waals surface area (Å²) in [6.07, 6.45) is 1.12. The molecule has 1 aromatic rings. The number of hydrogen-bond acceptors (Lipinski definition) is 4. The molecular formula is C15H25N3O3S. The molecule has 0 atom stereocenters. The van der Waals surface area contributed by atoms with Gasteiger partial charge in [-0.1, -0.05) is 17.7 Å². The van der Waals surface area contributed by atoms with Gasteiger partial charge in [-0.2, -0.15) is 4.31 Å². The first-order valence-corrected chi connectivity index (χ1v) is 8.91. The Bertz CT molecular complexity index is 627. The minimum Gasteiger partial charge on any atom is -0.325 e. The van der Waals surface area contributed by atoms with Crippen molar-refractivity contribution >= 4 is 21.6 Å². The molecule has 0 heterocycles. The highest BCUT2D eigenvalue weighted by atomic mass is 32.2. The summed E-state index contributed by atoms with van der Waals surface area (Å²) >= 11 is 0. The van der Waals surface area contributed by atoms with Crippen molar-refractivity contribution < 1.29 is 13.2 Å². The fourth-order valence-corrected chi connectivity index (χ4v) is 2.74. The van der Waals surface area contributed by atoms with E-state index in [-0.39, 0.29) is 19.0 Å². The van der Waals surface area contributed by atoms with Crippen LogP contribution in [0.3, 0.4) is 0 Å². The molecule has 0 saturated carbocycles. The van der Waals surface area contributed by atoms with Crippen molar-refractivity contribution in [3.63, 3.8) is 0 Å². The lowest BCUT2D eigenvalue weighted by molar-refractivity contribution is -0.116. The number of rotatable bonds is 7. The summed E-state index contributed by atoms with van der Waals surface area (Å²) in [5, 5.41) is 2.77. The van der Waals surface area contributed by atoms with Crippen LogP contribution in [-0.2, 0) is 14.8 Å². The standard InChI is InChI=1S/C15H25N3O3S/c1-12-6-7-14(13(2)10-12)16-15(19)11-18(22(5,20)21)9-8-17(3)4/h6-7,10H,8-9,11H2,1-5H3,(H,16,19). The topological polar surface area (TPSA) is 69.7 Å². The second-order valence-electron chi connectivity index (χ2n) is 5.77. The number of sulfonamides is 1. The zero-order valence-corrected chi connectivity index (χ0v) is 14.7. The monoisotopic (exact) mass is 327 g/mol. The number of likely N-dealkylation sites (N-methyl/N-ethyl adjacent to an activating group) is 1. The smallest absolute Gasteiger partial charge is 0.239 e. The van der Waals surface area contributed by atoms with Crippen molar-refractivity contribution in [1.82, 2.24) is 9.21 Å². The van der Waals surface area contributed by atoms with Gasteiger partial charge in [0.1, 0.15) is 0 Å². The zero-order valence-electron chi connectivity index (χ0n) is 13.9. The molecule has 1 aromatic carbocycles. The van der Waals surface area contributed by atoms with E-state index in [0.717, 1.165) is 17.4 Å². The highest BCUT2D eigenvalue weighted by Crippen LogP contribution is 2.16. The number of nitrogens with zero attached hydrogens (tertiary/aromatic N) is 2. The molecule has 0 aromatic heterocycles. The summed E-state index contributed by atoms with van der Waals surface area (Å²) in [6, 6.07) is 5.70. The van der Waals surface area contributed by atoms with Crippen LogP contribution in [0.15, 0.2) is 18.2 Å². The van der Waals surface area contributed by atoms with Gasteiger partial charge in [-0.05, 0) is 39.6 Å². The third kappa shape index (κ3) is 6.13. The van der Waals surface area contributed by atoms with E-state index in [1.54, 1.807) is 0 Å². The number of nitrogens with one attached hydrogen (secondary N) is 1. The molecule has 0 fully saturated rings. The summed E-state index contributed by atoms with van der Waals surface area (Å²) in [6.45, 7) is 4.55. The number of anilines is 1. The number of aryl methyl sites for hydroxylation is 2. The molecule has 0 saturated heterocycles. The Morgan fingerprint density at radius 2 is 1.82 bits per heavy atom. The van der Waals surface area contributed by atoms with Gasteiger partial charge in [0.2, 0.25) is 15.9 Å². The van der Waals surface area contributed by atoms with Crippen LogP contribution in [-0.4, -0.2) is 63.5 Å². The maximum atomic E-state index is 12.1. The summed E-state index contributed by atoms with van der Waals surface area (Å²) in [5.41, 5.74) is 2.77. The van der Waals surface area contributed by atoms with Crippen molar-refractivity contribution in [2.24, 2.45) is 0 Å². The number of amides is 1. The van der Waals surface area contributed by atoms with Crippen molar-refractivity contribution in [2.45, 2.75) is 13.8 Å². The van der Waals surface area contributed by atoms with E-state index in [4.69, 9.17) is 0 Å². The van der Waals surface area contributed by atoms with E-state index in [0.29, 0.717) is 12.2 Å². The van der Waals surface area contributed by atoms with Crippen LogP contribution >= 0.6 is 0 Å². The lowest BCUT2D eigenvalue weighted by atomic mass is 10.1. The molecule has 22 heavy (non-hydrogen) atoms. The number of benzene rings is 1. The summed E-state index contributed by atoms with van der Waals surface area (Å²) in [7, 11) is 0.296. The first-order chi connectivity index (χ1) is 10.1. The molecule has 0 aliphatic carbocycles. The predicted molar refractivity (Wildman–Crippen MR) is 89.5 cm³/mol. The molecule has 124 valence electrons. The molecule has 0 radical (unpaired) electrons. The SMILES string of the molecule is Cc1ccc(NC(=O)CN(CCN(C)C)S(C)(=O)=O)c(C)c1. The van der Waals surface area contributed by atoms with Gasteiger partial charge in [0.25, 0.3) is 0 Å². The van der Waals surface area contributed by atoms with Gasteiger partial charge in [0, 0.05) is 18.8 Å². The van der Waals surface area contributed by atoms with Crippen LogP contribution in [0.1, 0.15) is 11.1 Å². The molecule has 6 nitrogen and oxygen atoms in total.